The lowest BCUT2D eigenvalue weighted by Crippen LogP contribution is -2.11. The van der Waals surface area contributed by atoms with E-state index in [1.165, 1.54) is 11.1 Å². The number of alkyl halides is 1. The Labute approximate surface area is 127 Å². The standard InChI is InChI=1S/C18H22ClN/c1-18(2,3)16-9-7-14(8-10-16)13-20-17-6-4-5-15(11-17)12-19/h4-11,20H,12-13H2,1-3H3. The maximum absolute atomic E-state index is 5.85. The molecule has 2 heteroatoms. The monoisotopic (exact) mass is 287 g/mol. The first-order valence-corrected chi connectivity index (χ1v) is 7.51. The van der Waals surface area contributed by atoms with Gasteiger partial charge in [-0.05, 0) is 34.2 Å². The summed E-state index contributed by atoms with van der Waals surface area (Å²) in [6.45, 7) is 7.53. The van der Waals surface area contributed by atoms with Crippen molar-refractivity contribution in [3.63, 3.8) is 0 Å². The van der Waals surface area contributed by atoms with Crippen LogP contribution in [0.5, 0.6) is 0 Å². The van der Waals surface area contributed by atoms with E-state index in [4.69, 9.17) is 11.6 Å². The molecule has 2 rings (SSSR count). The van der Waals surface area contributed by atoms with Gasteiger partial charge >= 0.3 is 0 Å². The number of nitrogens with one attached hydrogen (secondary N) is 1. The van der Waals surface area contributed by atoms with Gasteiger partial charge in [0.25, 0.3) is 0 Å². The maximum atomic E-state index is 5.85. The molecule has 0 aliphatic rings. The summed E-state index contributed by atoms with van der Waals surface area (Å²) < 4.78 is 0. The number of hydrogen-bond acceptors (Lipinski definition) is 1. The van der Waals surface area contributed by atoms with Crippen LogP contribution in [0.2, 0.25) is 0 Å². The van der Waals surface area contributed by atoms with Gasteiger partial charge in [-0.3, -0.25) is 0 Å². The third kappa shape index (κ3) is 4.01. The molecule has 1 nitrogen and oxygen atoms in total. The second-order valence-corrected chi connectivity index (χ2v) is 6.40. The van der Waals surface area contributed by atoms with E-state index in [2.05, 4.69) is 62.5 Å². The summed E-state index contributed by atoms with van der Waals surface area (Å²) in [4.78, 5) is 0. The fourth-order valence-electron chi connectivity index (χ4n) is 2.09. The number of benzene rings is 2. The molecule has 0 radical (unpaired) electrons. The van der Waals surface area contributed by atoms with Crippen LogP contribution in [0.15, 0.2) is 48.5 Å². The minimum absolute atomic E-state index is 0.209. The van der Waals surface area contributed by atoms with Crippen LogP contribution in [-0.4, -0.2) is 0 Å². The first kappa shape index (κ1) is 14.9. The summed E-state index contributed by atoms with van der Waals surface area (Å²) >= 11 is 5.85. The van der Waals surface area contributed by atoms with E-state index in [1.807, 2.05) is 12.1 Å². The molecule has 0 bridgehead atoms. The van der Waals surface area contributed by atoms with Crippen molar-refractivity contribution in [1.29, 1.82) is 0 Å². The molecule has 20 heavy (non-hydrogen) atoms. The molecular weight excluding hydrogens is 266 g/mol. The Morgan fingerprint density at radius 3 is 2.25 bits per heavy atom. The summed E-state index contributed by atoms with van der Waals surface area (Å²) in [6, 6.07) is 17.0. The van der Waals surface area contributed by atoms with Crippen molar-refractivity contribution in [2.75, 3.05) is 5.32 Å². The molecule has 0 aliphatic carbocycles. The lowest BCUT2D eigenvalue weighted by molar-refractivity contribution is 0.590. The largest absolute Gasteiger partial charge is 0.381 e. The molecular formula is C18H22ClN. The molecule has 0 unspecified atom stereocenters. The Morgan fingerprint density at radius 2 is 1.65 bits per heavy atom. The lowest BCUT2D eigenvalue weighted by atomic mass is 9.87. The van der Waals surface area contributed by atoms with Crippen molar-refractivity contribution in [3.05, 3.63) is 65.2 Å². The molecule has 0 fully saturated rings. The molecule has 0 amide bonds. The highest BCUT2D eigenvalue weighted by atomic mass is 35.5. The van der Waals surface area contributed by atoms with Crippen molar-refractivity contribution >= 4 is 17.3 Å². The molecule has 0 aromatic heterocycles. The van der Waals surface area contributed by atoms with E-state index >= 15 is 0 Å². The van der Waals surface area contributed by atoms with E-state index < -0.39 is 0 Å². The molecule has 1 N–H and O–H groups in total. The molecule has 0 saturated carbocycles. The summed E-state index contributed by atoms with van der Waals surface area (Å²) in [5, 5.41) is 3.44. The highest BCUT2D eigenvalue weighted by Crippen LogP contribution is 2.22. The fourth-order valence-corrected chi connectivity index (χ4v) is 2.26. The molecule has 0 spiro atoms. The predicted octanol–water partition coefficient (Wildman–Crippen LogP) is 5.34. The molecule has 0 atom stereocenters. The molecule has 0 aliphatic heterocycles. The SMILES string of the molecule is CC(C)(C)c1ccc(CNc2cccc(CCl)c2)cc1. The average molecular weight is 288 g/mol. The van der Waals surface area contributed by atoms with Gasteiger partial charge < -0.3 is 5.32 Å². The van der Waals surface area contributed by atoms with Crippen LogP contribution in [0, 0.1) is 0 Å². The van der Waals surface area contributed by atoms with Crippen molar-refractivity contribution in [3.8, 4) is 0 Å². The number of hydrogen-bond donors (Lipinski definition) is 1. The highest BCUT2D eigenvalue weighted by molar-refractivity contribution is 6.17. The van der Waals surface area contributed by atoms with Gasteiger partial charge in [0.15, 0.2) is 0 Å². The molecule has 106 valence electrons. The number of rotatable bonds is 4. The van der Waals surface area contributed by atoms with Crippen molar-refractivity contribution in [1.82, 2.24) is 0 Å². The zero-order valence-corrected chi connectivity index (χ0v) is 13.2. The minimum Gasteiger partial charge on any atom is -0.381 e. The van der Waals surface area contributed by atoms with Crippen LogP contribution in [0.1, 0.15) is 37.5 Å². The van der Waals surface area contributed by atoms with Gasteiger partial charge in [0, 0.05) is 18.1 Å². The van der Waals surface area contributed by atoms with Crippen LogP contribution >= 0.6 is 11.6 Å². The van der Waals surface area contributed by atoms with Gasteiger partial charge in [0.05, 0.1) is 0 Å². The zero-order valence-electron chi connectivity index (χ0n) is 12.4. The van der Waals surface area contributed by atoms with Crippen LogP contribution in [-0.2, 0) is 17.8 Å². The second kappa shape index (κ2) is 6.32. The summed E-state index contributed by atoms with van der Waals surface area (Å²) in [5.41, 5.74) is 5.11. The topological polar surface area (TPSA) is 12.0 Å². The van der Waals surface area contributed by atoms with Crippen molar-refractivity contribution < 1.29 is 0 Å². The van der Waals surface area contributed by atoms with Gasteiger partial charge in [-0.2, -0.15) is 0 Å². The van der Waals surface area contributed by atoms with Crippen LogP contribution < -0.4 is 5.32 Å². The fraction of sp³-hybridized carbons (Fsp3) is 0.333. The van der Waals surface area contributed by atoms with E-state index in [0.29, 0.717) is 5.88 Å². The van der Waals surface area contributed by atoms with E-state index in [0.717, 1.165) is 17.8 Å². The summed E-state index contributed by atoms with van der Waals surface area (Å²) in [5.74, 6) is 0.551. The smallest absolute Gasteiger partial charge is 0.0474 e. The molecule has 2 aromatic rings. The molecule has 2 aromatic carbocycles. The van der Waals surface area contributed by atoms with Gasteiger partial charge in [0.1, 0.15) is 0 Å². The summed E-state index contributed by atoms with van der Waals surface area (Å²) in [7, 11) is 0. The third-order valence-corrected chi connectivity index (χ3v) is 3.71. The van der Waals surface area contributed by atoms with E-state index in [9.17, 15) is 0 Å². The van der Waals surface area contributed by atoms with Gasteiger partial charge in [-0.25, -0.2) is 0 Å². The van der Waals surface area contributed by atoms with Crippen molar-refractivity contribution in [2.45, 2.75) is 38.6 Å². The average Bonchev–Trinajstić information content (AvgIpc) is 2.45. The van der Waals surface area contributed by atoms with Gasteiger partial charge in [-0.15, -0.1) is 11.6 Å². The maximum Gasteiger partial charge on any atom is 0.0474 e. The highest BCUT2D eigenvalue weighted by Gasteiger charge is 2.12. The Morgan fingerprint density at radius 1 is 0.950 bits per heavy atom. The summed E-state index contributed by atoms with van der Waals surface area (Å²) in [6.07, 6.45) is 0. The zero-order chi connectivity index (χ0) is 14.6. The van der Waals surface area contributed by atoms with Gasteiger partial charge in [-0.1, -0.05) is 57.2 Å². The van der Waals surface area contributed by atoms with E-state index in [1.54, 1.807) is 0 Å². The predicted molar refractivity (Wildman–Crippen MR) is 88.5 cm³/mol. The Kier molecular flexibility index (Phi) is 4.72. The molecule has 0 heterocycles. The third-order valence-electron chi connectivity index (χ3n) is 3.40. The van der Waals surface area contributed by atoms with Gasteiger partial charge in [0.2, 0.25) is 0 Å². The Bertz CT molecular complexity index is 552. The van der Waals surface area contributed by atoms with Crippen LogP contribution in [0.3, 0.4) is 0 Å². The van der Waals surface area contributed by atoms with E-state index in [-0.39, 0.29) is 5.41 Å². The van der Waals surface area contributed by atoms with Crippen LogP contribution in [0.4, 0.5) is 5.69 Å². The Balaban J connectivity index is 2.00. The van der Waals surface area contributed by atoms with Crippen molar-refractivity contribution in [2.24, 2.45) is 0 Å². The first-order valence-electron chi connectivity index (χ1n) is 6.97. The number of anilines is 1. The lowest BCUT2D eigenvalue weighted by Gasteiger charge is -2.19. The number of halogens is 1. The minimum atomic E-state index is 0.209. The molecule has 0 saturated heterocycles. The second-order valence-electron chi connectivity index (χ2n) is 6.13. The van der Waals surface area contributed by atoms with Crippen LogP contribution in [0.25, 0.3) is 0 Å². The first-order chi connectivity index (χ1) is 9.49. The quantitative estimate of drug-likeness (QED) is 0.749. The Hall–Kier alpha value is -1.47. The normalized spacial score (nSPS) is 11.4.